The standard InChI is InChI=1S/4C14H19NO3.3C13H17NO3/c1-11-7-3-4-8-12(11)15(2)13(16)9-5-6-10-14(17)18;1-11(2)15(12-7-4-3-5-8-12)13(16)9-6-10-14(17)18;1-11-7-9-12(10-8-11)15(2)13(16)5-3-4-6-14(17)18;1-3-15(12-7-5-4-6-8-12)14(18)11(2)9-10-13(16)17;1-10-6-3-4-7-11(10)14(2)12(15)8-5-9-13(16)17;1-10-6-8-11(9-7-10)14(2)12(15)4-3-5-13(16)17;1-2-14(11-7-4-3-5-8-11)12(15)9-6-10-13(16)17/h3-4,7-8H,5-6,9-10H2,1-2H3,(H,17,18);3-5,7-8,11H,6,9-10H2,1-2H3,(H,17,18);7-10H,3-6H2,1-2H3,(H,17,18);4-8,11H,3,9-10H2,1-2H3,(H,16,17);3-4,6-7H,5,8-9H2,1-2H3,(H,16,17);6-9H,3-5H2,1-2H3,(H,16,17);3-5,7-8H,2,6,9-10H2,1H3,(H,16,17). The van der Waals surface area contributed by atoms with Crippen molar-refractivity contribution in [2.24, 2.45) is 5.92 Å². The van der Waals surface area contributed by atoms with Crippen molar-refractivity contribution in [3.05, 3.63) is 210 Å². The fourth-order valence-electron chi connectivity index (χ4n) is 11.8. The fraction of sp³-hybridized carbons (Fsp3) is 0.411. The van der Waals surface area contributed by atoms with E-state index >= 15 is 0 Å². The SMILES string of the molecule is CC(C)N(C(=O)CCCC(=O)O)c1ccccc1.CCN(C(=O)C(C)CCC(=O)O)c1ccccc1.CCN(C(=O)CCCC(=O)O)c1ccccc1.Cc1ccc(N(C)C(=O)CCCC(=O)O)cc1.Cc1ccc(N(C)C(=O)CCCCC(=O)O)cc1.Cc1ccccc1N(C)C(=O)CCCC(=O)O.Cc1ccccc1N(C)C(=O)CCCCC(=O)O. The highest BCUT2D eigenvalue weighted by atomic mass is 16.4. The summed E-state index contributed by atoms with van der Waals surface area (Å²) in [6.07, 6.45) is 6.47. The maximum Gasteiger partial charge on any atom is 0.303 e. The molecule has 1 unspecified atom stereocenters. The predicted octanol–water partition coefficient (Wildman–Crippen LogP) is 17.1. The van der Waals surface area contributed by atoms with E-state index in [0.29, 0.717) is 83.7 Å². The number of hydrogen-bond acceptors (Lipinski definition) is 14. The van der Waals surface area contributed by atoms with Gasteiger partial charge in [-0.2, -0.15) is 0 Å². The molecule has 7 aromatic carbocycles. The van der Waals surface area contributed by atoms with E-state index in [0.717, 1.165) is 62.1 Å². The normalized spacial score (nSPS) is 10.4. The summed E-state index contributed by atoms with van der Waals surface area (Å²) in [5, 5.41) is 59.7. The first-order chi connectivity index (χ1) is 58.3. The molecular weight excluding hydrogens is 1580 g/mol. The number of carbonyl (C=O) groups excluding carboxylic acids is 7. The Hall–Kier alpha value is -12.9. The molecule has 0 radical (unpaired) electrons. The van der Waals surface area contributed by atoms with Crippen LogP contribution in [0.2, 0.25) is 0 Å². The molecule has 0 fully saturated rings. The summed E-state index contributed by atoms with van der Waals surface area (Å²) >= 11 is 0. The van der Waals surface area contributed by atoms with Gasteiger partial charge in [0.1, 0.15) is 0 Å². The zero-order chi connectivity index (χ0) is 92.5. The lowest BCUT2D eigenvalue weighted by Gasteiger charge is -2.27. The third kappa shape index (κ3) is 46.5. The topological polar surface area (TPSA) is 403 Å². The lowest BCUT2D eigenvalue weighted by Crippen LogP contribution is -2.36. The van der Waals surface area contributed by atoms with Crippen LogP contribution in [0.15, 0.2) is 188 Å². The summed E-state index contributed by atoms with van der Waals surface area (Å²) in [5.74, 6) is -6.37. The number of aliphatic carboxylic acids is 7. The van der Waals surface area contributed by atoms with E-state index in [1.807, 2.05) is 243 Å². The van der Waals surface area contributed by atoms with Crippen LogP contribution in [0.4, 0.5) is 39.8 Å². The molecule has 668 valence electrons. The van der Waals surface area contributed by atoms with Gasteiger partial charge in [-0.25, -0.2) is 0 Å². The number of benzene rings is 7. The monoisotopic (exact) mass is 1700 g/mol. The zero-order valence-electron chi connectivity index (χ0n) is 73.5. The third-order valence-electron chi connectivity index (χ3n) is 18.8. The molecule has 0 aliphatic heterocycles. The summed E-state index contributed by atoms with van der Waals surface area (Å²) in [7, 11) is 6.91. The molecule has 7 N–H and O–H groups in total. The largest absolute Gasteiger partial charge is 0.481 e. The van der Waals surface area contributed by atoms with Gasteiger partial charge in [0.2, 0.25) is 41.4 Å². The first kappa shape index (κ1) is 108. The smallest absolute Gasteiger partial charge is 0.303 e. The number of carboxylic acid groups (broad SMARTS) is 7. The molecule has 1 atom stereocenters. The quantitative estimate of drug-likeness (QED) is 0.0175. The van der Waals surface area contributed by atoms with Crippen LogP contribution in [0, 0.1) is 33.6 Å². The Bertz CT molecular complexity index is 4390. The molecule has 7 amide bonds. The molecule has 0 aliphatic carbocycles. The Labute approximate surface area is 723 Å². The number of anilines is 7. The van der Waals surface area contributed by atoms with Gasteiger partial charge in [-0.05, 0) is 197 Å². The van der Waals surface area contributed by atoms with Crippen molar-refractivity contribution in [3.8, 4) is 0 Å². The zero-order valence-corrected chi connectivity index (χ0v) is 73.5. The number of aryl methyl sites for hydroxylation is 4. The van der Waals surface area contributed by atoms with Gasteiger partial charge < -0.3 is 70.0 Å². The van der Waals surface area contributed by atoms with Gasteiger partial charge in [-0.1, -0.05) is 133 Å². The summed E-state index contributed by atoms with van der Waals surface area (Å²) < 4.78 is 0. The second kappa shape index (κ2) is 61.4. The summed E-state index contributed by atoms with van der Waals surface area (Å²) in [6.45, 7) is 18.5. The molecule has 0 spiro atoms. The number of unbranched alkanes of at least 4 members (excludes halogenated alkanes) is 2. The number of carboxylic acids is 7. The van der Waals surface area contributed by atoms with Crippen LogP contribution in [-0.2, 0) is 67.1 Å². The molecule has 0 aromatic heterocycles. The van der Waals surface area contributed by atoms with Gasteiger partial charge in [0.15, 0.2) is 0 Å². The maximum atomic E-state index is 12.2. The van der Waals surface area contributed by atoms with Gasteiger partial charge in [-0.15, -0.1) is 0 Å². The molecule has 28 heteroatoms. The average Bonchev–Trinajstić information content (AvgIpc) is 0.874. The Morgan fingerprint density at radius 2 is 0.528 bits per heavy atom. The Balaban J connectivity index is 0.000000718. The maximum absolute atomic E-state index is 12.2. The van der Waals surface area contributed by atoms with Gasteiger partial charge in [0.05, 0.1) is 0 Å². The predicted molar refractivity (Wildman–Crippen MR) is 481 cm³/mol. The Kier molecular flexibility index (Phi) is 54.0. The molecule has 123 heavy (non-hydrogen) atoms. The third-order valence-corrected chi connectivity index (χ3v) is 18.8. The van der Waals surface area contributed by atoms with Gasteiger partial charge >= 0.3 is 41.8 Å². The molecule has 28 nitrogen and oxygen atoms in total. The molecule has 7 rings (SSSR count). The number of amides is 7. The highest BCUT2D eigenvalue weighted by Gasteiger charge is 2.23. The van der Waals surface area contributed by atoms with Gasteiger partial charge in [0, 0.05) is 177 Å². The molecule has 7 aromatic rings. The Morgan fingerprint density at radius 1 is 0.268 bits per heavy atom. The van der Waals surface area contributed by atoms with E-state index < -0.39 is 41.8 Å². The van der Waals surface area contributed by atoms with E-state index in [2.05, 4.69) is 0 Å². The molecular formula is C95H127N7O21. The molecule has 0 heterocycles. The van der Waals surface area contributed by atoms with E-state index in [4.69, 9.17) is 35.7 Å². The van der Waals surface area contributed by atoms with E-state index in [1.54, 1.807) is 69.4 Å². The highest BCUT2D eigenvalue weighted by Crippen LogP contribution is 2.25. The molecule has 0 bridgehead atoms. The van der Waals surface area contributed by atoms with Crippen molar-refractivity contribution in [1.29, 1.82) is 0 Å². The van der Waals surface area contributed by atoms with Gasteiger partial charge in [0.25, 0.3) is 0 Å². The van der Waals surface area contributed by atoms with Crippen molar-refractivity contribution < 1.29 is 103 Å². The first-order valence-corrected chi connectivity index (χ1v) is 41.2. The van der Waals surface area contributed by atoms with Crippen LogP contribution in [0.3, 0.4) is 0 Å². The number of hydrogen-bond donors (Lipinski definition) is 7. The average molecular weight is 1700 g/mol. The minimum atomic E-state index is -0.865. The van der Waals surface area contributed by atoms with Crippen LogP contribution in [0.1, 0.15) is 198 Å². The lowest BCUT2D eigenvalue weighted by molar-refractivity contribution is -0.138. The Morgan fingerprint density at radius 3 is 0.837 bits per heavy atom. The minimum absolute atomic E-state index is 0.0178. The summed E-state index contributed by atoms with van der Waals surface area (Å²) in [6, 6.07) is 59.0. The van der Waals surface area contributed by atoms with Crippen LogP contribution in [0.5, 0.6) is 0 Å². The van der Waals surface area contributed by atoms with Crippen LogP contribution in [0.25, 0.3) is 0 Å². The summed E-state index contributed by atoms with van der Waals surface area (Å²) in [4.78, 5) is 168. The van der Waals surface area contributed by atoms with E-state index in [9.17, 15) is 67.1 Å². The van der Waals surface area contributed by atoms with E-state index in [1.165, 1.54) is 0 Å². The molecule has 0 saturated carbocycles. The van der Waals surface area contributed by atoms with Crippen molar-refractivity contribution in [2.75, 3.05) is 75.6 Å². The molecule has 0 aliphatic rings. The second-order valence-corrected chi connectivity index (χ2v) is 29.2. The highest BCUT2D eigenvalue weighted by molar-refractivity contribution is 5.98. The number of nitrogens with zero attached hydrogens (tertiary/aromatic N) is 7. The minimum Gasteiger partial charge on any atom is -0.481 e. The van der Waals surface area contributed by atoms with Crippen molar-refractivity contribution in [3.63, 3.8) is 0 Å². The van der Waals surface area contributed by atoms with Crippen molar-refractivity contribution in [2.45, 2.75) is 210 Å². The van der Waals surface area contributed by atoms with Crippen LogP contribution >= 0.6 is 0 Å². The van der Waals surface area contributed by atoms with Crippen LogP contribution < -0.4 is 34.3 Å². The number of para-hydroxylation sites is 5. The second-order valence-electron chi connectivity index (χ2n) is 29.2. The van der Waals surface area contributed by atoms with Gasteiger partial charge in [-0.3, -0.25) is 67.1 Å². The van der Waals surface area contributed by atoms with Crippen molar-refractivity contribution >= 4 is 123 Å². The molecule has 0 saturated heterocycles. The summed E-state index contributed by atoms with van der Waals surface area (Å²) in [5.41, 5.74) is 10.4. The lowest BCUT2D eigenvalue weighted by atomic mass is 10.0. The fourth-order valence-corrected chi connectivity index (χ4v) is 11.8. The van der Waals surface area contributed by atoms with Crippen molar-refractivity contribution in [1.82, 2.24) is 0 Å². The first-order valence-electron chi connectivity index (χ1n) is 41.2. The number of carbonyl (C=O) groups is 14. The number of rotatable bonds is 40. The van der Waals surface area contributed by atoms with Crippen LogP contribution in [-0.4, -0.2) is 166 Å². The van der Waals surface area contributed by atoms with E-state index in [-0.39, 0.29) is 124 Å².